The Hall–Kier alpha value is -3.06. The van der Waals surface area contributed by atoms with Crippen LogP contribution in [0.5, 0.6) is 5.75 Å². The van der Waals surface area contributed by atoms with Crippen LogP contribution < -0.4 is 4.74 Å². The summed E-state index contributed by atoms with van der Waals surface area (Å²) in [5.41, 5.74) is 2.46. The molecule has 0 fully saturated rings. The van der Waals surface area contributed by atoms with Crippen LogP contribution in [0.1, 0.15) is 21.8 Å². The fraction of sp³-hybridized carbons (Fsp3) is 0.217. The Morgan fingerprint density at radius 3 is 2.53 bits per heavy atom. The third kappa shape index (κ3) is 6.77. The van der Waals surface area contributed by atoms with E-state index in [0.717, 1.165) is 26.7 Å². The molecule has 0 spiro atoms. The maximum atomic E-state index is 12.9. The Morgan fingerprint density at radius 1 is 1.17 bits per heavy atom. The standard InChI is InChI=1S/C23H22F2N2O2S/c1-17-26-20(16-30-17)15-29-21-10-7-18(8-11-21)9-12-23(28)27(14-22(24)25)13-19-5-3-2-4-6-19/h2-12,16,22H,13-15H2,1H3/b12-9-. The van der Waals surface area contributed by atoms with Crippen LogP contribution in [0.15, 0.2) is 66.1 Å². The minimum absolute atomic E-state index is 0.136. The third-order valence-electron chi connectivity index (χ3n) is 4.24. The molecule has 156 valence electrons. The van der Waals surface area contributed by atoms with E-state index in [-0.39, 0.29) is 6.54 Å². The van der Waals surface area contributed by atoms with Gasteiger partial charge in [-0.2, -0.15) is 0 Å². The first-order valence-corrected chi connectivity index (χ1v) is 10.3. The molecular formula is C23H22F2N2O2S. The molecule has 0 radical (unpaired) electrons. The zero-order valence-electron chi connectivity index (χ0n) is 16.5. The van der Waals surface area contributed by atoms with Crippen LogP contribution in [0, 0.1) is 6.92 Å². The first-order chi connectivity index (χ1) is 14.5. The predicted molar refractivity (Wildman–Crippen MR) is 115 cm³/mol. The highest BCUT2D eigenvalue weighted by Crippen LogP contribution is 2.16. The number of alkyl halides is 2. The Labute approximate surface area is 178 Å². The van der Waals surface area contributed by atoms with E-state index < -0.39 is 18.9 Å². The lowest BCUT2D eigenvalue weighted by Crippen LogP contribution is -2.33. The monoisotopic (exact) mass is 428 g/mol. The summed E-state index contributed by atoms with van der Waals surface area (Å²) in [6, 6.07) is 16.3. The molecule has 0 saturated carbocycles. The van der Waals surface area contributed by atoms with Gasteiger partial charge in [-0.05, 0) is 36.3 Å². The van der Waals surface area contributed by atoms with Gasteiger partial charge in [-0.15, -0.1) is 11.3 Å². The number of nitrogens with zero attached hydrogens (tertiary/aromatic N) is 2. The molecule has 0 aliphatic heterocycles. The number of thiazole rings is 1. The number of hydrogen-bond acceptors (Lipinski definition) is 4. The van der Waals surface area contributed by atoms with E-state index in [1.165, 1.54) is 6.08 Å². The molecule has 1 heterocycles. The second-order valence-electron chi connectivity index (χ2n) is 6.64. The van der Waals surface area contributed by atoms with Gasteiger partial charge in [0.05, 0.1) is 17.2 Å². The SMILES string of the molecule is Cc1nc(COc2ccc(/C=C\C(=O)N(Cc3ccccc3)CC(F)F)cc2)cs1. The molecule has 7 heteroatoms. The van der Waals surface area contributed by atoms with Gasteiger partial charge in [-0.1, -0.05) is 42.5 Å². The van der Waals surface area contributed by atoms with Crippen LogP contribution in [-0.2, 0) is 17.9 Å². The molecule has 0 saturated heterocycles. The molecule has 0 unspecified atom stereocenters. The summed E-state index contributed by atoms with van der Waals surface area (Å²) in [4.78, 5) is 17.9. The summed E-state index contributed by atoms with van der Waals surface area (Å²) in [5, 5.41) is 2.95. The van der Waals surface area contributed by atoms with Gasteiger partial charge < -0.3 is 9.64 Å². The Morgan fingerprint density at radius 2 is 1.90 bits per heavy atom. The summed E-state index contributed by atoms with van der Waals surface area (Å²) in [7, 11) is 0. The number of amides is 1. The summed E-state index contributed by atoms with van der Waals surface area (Å²) in [6.45, 7) is 1.86. The quantitative estimate of drug-likeness (QED) is 0.432. The fourth-order valence-electron chi connectivity index (χ4n) is 2.78. The zero-order valence-corrected chi connectivity index (χ0v) is 17.3. The average molecular weight is 429 g/mol. The van der Waals surface area contributed by atoms with E-state index in [4.69, 9.17) is 4.74 Å². The number of ether oxygens (including phenoxy) is 1. The smallest absolute Gasteiger partial charge is 0.255 e. The number of halogens is 2. The van der Waals surface area contributed by atoms with Crippen molar-refractivity contribution in [1.82, 2.24) is 9.88 Å². The number of hydrogen-bond donors (Lipinski definition) is 0. The molecular weight excluding hydrogens is 406 g/mol. The molecule has 3 aromatic rings. The first kappa shape index (κ1) is 21.6. The lowest BCUT2D eigenvalue weighted by molar-refractivity contribution is -0.128. The van der Waals surface area contributed by atoms with Crippen molar-refractivity contribution < 1.29 is 18.3 Å². The van der Waals surface area contributed by atoms with Gasteiger partial charge in [0.25, 0.3) is 6.43 Å². The van der Waals surface area contributed by atoms with Crippen molar-refractivity contribution in [3.63, 3.8) is 0 Å². The summed E-state index contributed by atoms with van der Waals surface area (Å²) >= 11 is 1.57. The topological polar surface area (TPSA) is 42.4 Å². The second kappa shape index (κ2) is 10.6. The molecule has 0 bridgehead atoms. The molecule has 0 atom stereocenters. The van der Waals surface area contributed by atoms with Crippen molar-refractivity contribution in [1.29, 1.82) is 0 Å². The van der Waals surface area contributed by atoms with Crippen molar-refractivity contribution in [3.8, 4) is 5.75 Å². The van der Waals surface area contributed by atoms with Crippen LogP contribution in [0.3, 0.4) is 0 Å². The number of carbonyl (C=O) groups excluding carboxylic acids is 1. The first-order valence-electron chi connectivity index (χ1n) is 9.42. The molecule has 0 aliphatic rings. The number of rotatable bonds is 9. The van der Waals surface area contributed by atoms with E-state index in [1.54, 1.807) is 53.8 Å². The summed E-state index contributed by atoms with van der Waals surface area (Å²) < 4.78 is 31.5. The maximum Gasteiger partial charge on any atom is 0.255 e. The highest BCUT2D eigenvalue weighted by atomic mass is 32.1. The van der Waals surface area contributed by atoms with Crippen LogP contribution in [0.2, 0.25) is 0 Å². The summed E-state index contributed by atoms with van der Waals surface area (Å²) in [6.07, 6.45) is 0.336. The normalized spacial score (nSPS) is 11.2. The molecule has 3 rings (SSSR count). The molecule has 30 heavy (non-hydrogen) atoms. The van der Waals surface area contributed by atoms with Crippen molar-refractivity contribution in [2.75, 3.05) is 6.54 Å². The number of aryl methyl sites for hydroxylation is 1. The van der Waals surface area contributed by atoms with E-state index in [2.05, 4.69) is 4.98 Å². The minimum atomic E-state index is -2.59. The molecule has 1 amide bonds. The number of carbonyl (C=O) groups is 1. The third-order valence-corrected chi connectivity index (χ3v) is 5.06. The van der Waals surface area contributed by atoms with Gasteiger partial charge in [0, 0.05) is 18.0 Å². The lowest BCUT2D eigenvalue weighted by Gasteiger charge is -2.21. The van der Waals surface area contributed by atoms with Crippen LogP contribution >= 0.6 is 11.3 Å². The number of aromatic nitrogens is 1. The second-order valence-corrected chi connectivity index (χ2v) is 7.71. The van der Waals surface area contributed by atoms with Gasteiger partial charge in [0.15, 0.2) is 0 Å². The van der Waals surface area contributed by atoms with Crippen molar-refractivity contribution in [3.05, 3.63) is 87.9 Å². The Kier molecular flexibility index (Phi) is 7.68. The molecule has 1 aromatic heterocycles. The zero-order chi connectivity index (χ0) is 21.3. The Balaban J connectivity index is 1.58. The van der Waals surface area contributed by atoms with E-state index in [1.807, 2.05) is 30.5 Å². The van der Waals surface area contributed by atoms with Crippen molar-refractivity contribution in [2.45, 2.75) is 26.5 Å². The molecule has 0 aliphatic carbocycles. The lowest BCUT2D eigenvalue weighted by atomic mass is 10.2. The molecule has 0 N–H and O–H groups in total. The fourth-order valence-corrected chi connectivity index (χ4v) is 3.38. The van der Waals surface area contributed by atoms with E-state index in [0.29, 0.717) is 12.4 Å². The Bertz CT molecular complexity index is 972. The van der Waals surface area contributed by atoms with Gasteiger partial charge in [0.1, 0.15) is 12.4 Å². The van der Waals surface area contributed by atoms with E-state index >= 15 is 0 Å². The summed E-state index contributed by atoms with van der Waals surface area (Å²) in [5.74, 6) is 0.228. The highest BCUT2D eigenvalue weighted by molar-refractivity contribution is 7.09. The van der Waals surface area contributed by atoms with Crippen molar-refractivity contribution in [2.24, 2.45) is 0 Å². The molecule has 2 aromatic carbocycles. The highest BCUT2D eigenvalue weighted by Gasteiger charge is 2.16. The van der Waals surface area contributed by atoms with Gasteiger partial charge in [-0.25, -0.2) is 13.8 Å². The van der Waals surface area contributed by atoms with Crippen LogP contribution in [-0.4, -0.2) is 28.8 Å². The van der Waals surface area contributed by atoms with Crippen molar-refractivity contribution >= 4 is 23.3 Å². The van der Waals surface area contributed by atoms with Crippen LogP contribution in [0.25, 0.3) is 6.08 Å². The van der Waals surface area contributed by atoms with E-state index in [9.17, 15) is 13.6 Å². The van der Waals surface area contributed by atoms with Gasteiger partial charge in [-0.3, -0.25) is 4.79 Å². The number of benzene rings is 2. The largest absolute Gasteiger partial charge is 0.487 e. The average Bonchev–Trinajstić information content (AvgIpc) is 3.16. The van der Waals surface area contributed by atoms with Gasteiger partial charge >= 0.3 is 0 Å². The molecule has 4 nitrogen and oxygen atoms in total. The van der Waals surface area contributed by atoms with Crippen LogP contribution in [0.4, 0.5) is 8.78 Å². The van der Waals surface area contributed by atoms with Gasteiger partial charge in [0.2, 0.25) is 5.91 Å². The minimum Gasteiger partial charge on any atom is -0.487 e. The predicted octanol–water partition coefficient (Wildman–Crippen LogP) is 5.34. The maximum absolute atomic E-state index is 12.9.